The number of aromatic nitrogens is 3. The van der Waals surface area contributed by atoms with E-state index >= 15 is 0 Å². The lowest BCUT2D eigenvalue weighted by atomic mass is 10.0. The normalized spacial score (nSPS) is 20.9. The third-order valence-electron chi connectivity index (χ3n) is 6.33. The molecule has 9 nitrogen and oxygen atoms in total. The Kier molecular flexibility index (Phi) is 5.76. The van der Waals surface area contributed by atoms with Gasteiger partial charge in [-0.25, -0.2) is 18.7 Å². The first-order chi connectivity index (χ1) is 16.0. The van der Waals surface area contributed by atoms with Crippen molar-refractivity contribution in [2.45, 2.75) is 37.8 Å². The van der Waals surface area contributed by atoms with E-state index in [1.54, 1.807) is 34.9 Å². The number of nitrogens with one attached hydrogen (secondary N) is 1. The molecule has 10 heteroatoms. The van der Waals surface area contributed by atoms with Crippen molar-refractivity contribution in [3.63, 3.8) is 0 Å². The molecule has 0 radical (unpaired) electrons. The van der Waals surface area contributed by atoms with E-state index in [0.717, 1.165) is 37.2 Å². The van der Waals surface area contributed by atoms with E-state index < -0.39 is 6.10 Å². The van der Waals surface area contributed by atoms with Crippen LogP contribution in [0.5, 0.6) is 5.75 Å². The molecule has 2 fully saturated rings. The van der Waals surface area contributed by atoms with Crippen molar-refractivity contribution in [1.29, 1.82) is 0 Å². The largest absolute Gasteiger partial charge is 0.496 e. The zero-order valence-electron chi connectivity index (χ0n) is 18.4. The van der Waals surface area contributed by atoms with Crippen LogP contribution in [0.1, 0.15) is 37.3 Å². The molecule has 5 rings (SSSR count). The van der Waals surface area contributed by atoms with E-state index in [1.165, 1.54) is 12.1 Å². The monoisotopic (exact) mass is 454 g/mol. The van der Waals surface area contributed by atoms with Gasteiger partial charge in [-0.1, -0.05) is 0 Å². The lowest BCUT2D eigenvalue weighted by Crippen LogP contribution is -2.44. The van der Waals surface area contributed by atoms with Gasteiger partial charge in [0.2, 0.25) is 0 Å². The fourth-order valence-corrected chi connectivity index (χ4v) is 4.75. The summed E-state index contributed by atoms with van der Waals surface area (Å²) < 4.78 is 21.1. The van der Waals surface area contributed by atoms with Gasteiger partial charge in [-0.05, 0) is 49.9 Å². The summed E-state index contributed by atoms with van der Waals surface area (Å²) in [6, 6.07) is 7.86. The molecule has 2 aliphatic rings. The summed E-state index contributed by atoms with van der Waals surface area (Å²) in [7, 11) is 1.59. The van der Waals surface area contributed by atoms with Crippen LogP contribution in [0.3, 0.4) is 0 Å². The molecular formula is C23H27FN6O3. The standard InChI is InChI=1S/C23H27FN6O3/c1-33-19-7-6-15(24)12-17(19)18-5-3-10-29(18)21-8-11-30-22(26-21)13-20(27-30)25-23(32)28-9-2-4-16(31)14-28/h6-8,11-13,16,18,31H,2-5,9-10,14H2,1H3,(H,25,27,32)/t16-,18+/m0/s1. The Morgan fingerprint density at radius 3 is 2.88 bits per heavy atom. The highest BCUT2D eigenvalue weighted by Crippen LogP contribution is 2.39. The van der Waals surface area contributed by atoms with Gasteiger partial charge < -0.3 is 19.6 Å². The van der Waals surface area contributed by atoms with Gasteiger partial charge in [-0.15, -0.1) is 5.10 Å². The van der Waals surface area contributed by atoms with Crippen molar-refractivity contribution in [3.8, 4) is 5.75 Å². The van der Waals surface area contributed by atoms with E-state index in [2.05, 4.69) is 15.3 Å². The molecule has 2 aromatic heterocycles. The number of likely N-dealkylation sites (tertiary alicyclic amines) is 1. The Hall–Kier alpha value is -3.40. The van der Waals surface area contributed by atoms with Crippen molar-refractivity contribution >= 4 is 23.3 Å². The number of urea groups is 1. The van der Waals surface area contributed by atoms with E-state index in [9.17, 15) is 14.3 Å². The Morgan fingerprint density at radius 1 is 1.21 bits per heavy atom. The van der Waals surface area contributed by atoms with Gasteiger partial charge in [0, 0.05) is 37.5 Å². The van der Waals surface area contributed by atoms with Crippen LogP contribution in [0.4, 0.5) is 20.8 Å². The number of hydrogen-bond donors (Lipinski definition) is 2. The zero-order valence-corrected chi connectivity index (χ0v) is 18.4. The van der Waals surface area contributed by atoms with Crippen LogP contribution in [0, 0.1) is 5.82 Å². The predicted octanol–water partition coefficient (Wildman–Crippen LogP) is 3.21. The Balaban J connectivity index is 1.37. The van der Waals surface area contributed by atoms with Gasteiger partial charge in [-0.3, -0.25) is 5.32 Å². The maximum atomic E-state index is 14.0. The minimum Gasteiger partial charge on any atom is -0.496 e. The number of nitrogens with zero attached hydrogens (tertiary/aromatic N) is 5. The fourth-order valence-electron chi connectivity index (χ4n) is 4.75. The molecule has 2 saturated heterocycles. The molecule has 4 heterocycles. The van der Waals surface area contributed by atoms with Gasteiger partial charge in [0.1, 0.15) is 17.4 Å². The molecule has 0 spiro atoms. The highest BCUT2D eigenvalue weighted by atomic mass is 19.1. The Morgan fingerprint density at radius 2 is 2.06 bits per heavy atom. The lowest BCUT2D eigenvalue weighted by molar-refractivity contribution is 0.0883. The van der Waals surface area contributed by atoms with E-state index in [0.29, 0.717) is 36.7 Å². The van der Waals surface area contributed by atoms with Gasteiger partial charge in [0.05, 0.1) is 19.3 Å². The molecule has 1 aromatic carbocycles. The van der Waals surface area contributed by atoms with Gasteiger partial charge in [0.15, 0.2) is 11.5 Å². The van der Waals surface area contributed by atoms with Crippen molar-refractivity contribution in [2.24, 2.45) is 0 Å². The number of aliphatic hydroxyl groups excluding tert-OH is 1. The average Bonchev–Trinajstić information content (AvgIpc) is 3.45. The Bertz CT molecular complexity index is 1170. The molecule has 2 aliphatic heterocycles. The molecule has 0 saturated carbocycles. The van der Waals surface area contributed by atoms with E-state index in [1.807, 2.05) is 6.07 Å². The third-order valence-corrected chi connectivity index (χ3v) is 6.33. The van der Waals surface area contributed by atoms with E-state index in [4.69, 9.17) is 9.72 Å². The second-order valence-corrected chi connectivity index (χ2v) is 8.53. The first-order valence-corrected chi connectivity index (χ1v) is 11.2. The average molecular weight is 455 g/mol. The van der Waals surface area contributed by atoms with Crippen molar-refractivity contribution in [1.82, 2.24) is 19.5 Å². The second kappa shape index (κ2) is 8.86. The number of benzene rings is 1. The molecule has 0 unspecified atom stereocenters. The number of rotatable bonds is 4. The number of carbonyl (C=O) groups is 1. The van der Waals surface area contributed by atoms with Gasteiger partial charge in [0.25, 0.3) is 0 Å². The maximum absolute atomic E-state index is 14.0. The number of hydrogen-bond acceptors (Lipinski definition) is 6. The van der Waals surface area contributed by atoms with Crippen molar-refractivity contribution in [2.75, 3.05) is 37.0 Å². The smallest absolute Gasteiger partial charge is 0.323 e. The molecule has 3 aromatic rings. The lowest BCUT2D eigenvalue weighted by Gasteiger charge is -2.29. The highest BCUT2D eigenvalue weighted by Gasteiger charge is 2.30. The number of aliphatic hydroxyl groups is 1. The first kappa shape index (κ1) is 21.4. The molecule has 2 atom stereocenters. The minimum absolute atomic E-state index is 0.0433. The van der Waals surface area contributed by atoms with Crippen LogP contribution in [0.2, 0.25) is 0 Å². The van der Waals surface area contributed by atoms with Gasteiger partial charge >= 0.3 is 6.03 Å². The fraction of sp³-hybridized carbons (Fsp3) is 0.435. The predicted molar refractivity (Wildman–Crippen MR) is 121 cm³/mol. The summed E-state index contributed by atoms with van der Waals surface area (Å²) in [5.74, 6) is 1.52. The number of piperidine rings is 1. The summed E-state index contributed by atoms with van der Waals surface area (Å²) in [5, 5.41) is 17.0. The molecule has 0 bridgehead atoms. The Labute approximate surface area is 190 Å². The molecule has 0 aliphatic carbocycles. The second-order valence-electron chi connectivity index (χ2n) is 8.53. The van der Waals surface area contributed by atoms with E-state index in [-0.39, 0.29) is 17.9 Å². The molecule has 33 heavy (non-hydrogen) atoms. The molecule has 174 valence electrons. The van der Waals surface area contributed by atoms with Gasteiger partial charge in [-0.2, -0.15) is 0 Å². The van der Waals surface area contributed by atoms with Crippen molar-refractivity contribution < 1.29 is 19.0 Å². The van der Waals surface area contributed by atoms with Crippen LogP contribution in [0.25, 0.3) is 5.65 Å². The van der Waals surface area contributed by atoms with Crippen LogP contribution in [0.15, 0.2) is 36.5 Å². The number of fused-ring (bicyclic) bond motifs is 1. The highest BCUT2D eigenvalue weighted by molar-refractivity contribution is 5.89. The summed E-state index contributed by atoms with van der Waals surface area (Å²) in [6.07, 6.45) is 4.63. The summed E-state index contributed by atoms with van der Waals surface area (Å²) in [5.41, 5.74) is 1.40. The summed E-state index contributed by atoms with van der Waals surface area (Å²) >= 11 is 0. The number of halogens is 1. The molecule has 2 amide bonds. The van der Waals surface area contributed by atoms with Crippen molar-refractivity contribution in [3.05, 3.63) is 47.9 Å². The number of methoxy groups -OCH3 is 1. The number of ether oxygens (including phenoxy) is 1. The minimum atomic E-state index is -0.486. The summed E-state index contributed by atoms with van der Waals surface area (Å²) in [4.78, 5) is 21.0. The SMILES string of the molecule is COc1ccc(F)cc1[C@H]1CCCN1c1ccn2nc(NC(=O)N3CCC[C@H](O)C3)cc2n1. The number of anilines is 2. The van der Waals surface area contributed by atoms with Crippen LogP contribution >= 0.6 is 0 Å². The third kappa shape index (κ3) is 4.30. The quantitative estimate of drug-likeness (QED) is 0.629. The van der Waals surface area contributed by atoms with Crippen LogP contribution in [-0.2, 0) is 0 Å². The van der Waals surface area contributed by atoms with Crippen LogP contribution in [-0.4, -0.2) is 63.5 Å². The topological polar surface area (TPSA) is 95.2 Å². The summed E-state index contributed by atoms with van der Waals surface area (Å²) in [6.45, 7) is 1.72. The maximum Gasteiger partial charge on any atom is 0.323 e. The molecule has 2 N–H and O–H groups in total. The molecular weight excluding hydrogens is 427 g/mol. The zero-order chi connectivity index (χ0) is 22.9. The number of β-amino-alcohol motifs (C(OH)–C–C–N with tert-alkyl or cyclic N) is 1. The number of amides is 2. The van der Waals surface area contributed by atoms with Crippen LogP contribution < -0.4 is 15.0 Å². The number of carbonyl (C=O) groups excluding carboxylic acids is 1. The first-order valence-electron chi connectivity index (χ1n) is 11.2.